The summed E-state index contributed by atoms with van der Waals surface area (Å²) in [5, 5.41) is 0. The Morgan fingerprint density at radius 1 is 1.00 bits per heavy atom. The van der Waals surface area contributed by atoms with Crippen LogP contribution in [-0.4, -0.2) is 57.1 Å². The molecular formula is C4H16N2Si2. The zero-order valence-corrected chi connectivity index (χ0v) is 10.3. The zero-order valence-electron chi connectivity index (χ0n) is 6.31. The fourth-order valence-corrected chi connectivity index (χ4v) is 0.800. The molecule has 0 aliphatic rings. The minimum atomic E-state index is 1.20. The Labute approximate surface area is 57.9 Å². The van der Waals surface area contributed by atoms with Gasteiger partial charge in [-0.25, -0.2) is 0 Å². The van der Waals surface area contributed by atoms with Crippen molar-refractivity contribution >= 4 is 20.8 Å². The molecule has 8 heavy (non-hydrogen) atoms. The smallest absolute Gasteiger partial charge is 0.0781 e. The van der Waals surface area contributed by atoms with Gasteiger partial charge in [-0.05, 0) is 14.1 Å². The molecule has 0 heterocycles. The number of rotatable bonds is 3. The van der Waals surface area contributed by atoms with Gasteiger partial charge < -0.3 is 9.13 Å². The lowest BCUT2D eigenvalue weighted by Gasteiger charge is -2.14. The van der Waals surface area contributed by atoms with Crippen LogP contribution < -0.4 is 0 Å². The summed E-state index contributed by atoms with van der Waals surface area (Å²) in [5.74, 6) is 0. The Bertz CT molecular complexity index is 48.0. The van der Waals surface area contributed by atoms with E-state index in [2.05, 4.69) is 23.2 Å². The molecule has 50 valence electrons. The summed E-state index contributed by atoms with van der Waals surface area (Å²) >= 11 is 0. The molecular weight excluding hydrogens is 132 g/mol. The highest BCUT2D eigenvalue weighted by Crippen LogP contribution is 1.74. The van der Waals surface area contributed by atoms with Gasteiger partial charge in [0.25, 0.3) is 0 Å². The minimum absolute atomic E-state index is 1.20. The van der Waals surface area contributed by atoms with Gasteiger partial charge in [-0.3, -0.25) is 0 Å². The van der Waals surface area contributed by atoms with Crippen LogP contribution in [0.15, 0.2) is 0 Å². The summed E-state index contributed by atoms with van der Waals surface area (Å²) in [6, 6.07) is 0. The van der Waals surface area contributed by atoms with Crippen molar-refractivity contribution in [1.29, 1.82) is 0 Å². The van der Waals surface area contributed by atoms with Crippen LogP contribution in [0.4, 0.5) is 0 Å². The molecule has 0 saturated heterocycles. The first-order valence-electron chi connectivity index (χ1n) is 2.92. The van der Waals surface area contributed by atoms with E-state index in [1.807, 2.05) is 0 Å². The molecule has 0 radical (unpaired) electrons. The van der Waals surface area contributed by atoms with Crippen molar-refractivity contribution in [1.82, 2.24) is 9.13 Å². The van der Waals surface area contributed by atoms with Crippen LogP contribution in [0.5, 0.6) is 0 Å². The van der Waals surface area contributed by atoms with Crippen molar-refractivity contribution in [2.24, 2.45) is 0 Å². The maximum Gasteiger partial charge on any atom is 0.0781 e. The summed E-state index contributed by atoms with van der Waals surface area (Å²) in [6.45, 7) is 2.48. The molecule has 0 saturated carbocycles. The molecule has 0 aliphatic carbocycles. The van der Waals surface area contributed by atoms with Gasteiger partial charge in [0.1, 0.15) is 0 Å². The molecule has 0 spiro atoms. The fourth-order valence-electron chi connectivity index (χ4n) is 0.400. The lowest BCUT2D eigenvalue weighted by Crippen LogP contribution is -2.27. The van der Waals surface area contributed by atoms with Crippen LogP contribution in [0, 0.1) is 0 Å². The molecule has 0 aromatic rings. The van der Waals surface area contributed by atoms with Crippen LogP contribution in [0.1, 0.15) is 0 Å². The van der Waals surface area contributed by atoms with E-state index in [9.17, 15) is 0 Å². The van der Waals surface area contributed by atoms with Gasteiger partial charge in [0.2, 0.25) is 0 Å². The van der Waals surface area contributed by atoms with Gasteiger partial charge in [-0.2, -0.15) is 0 Å². The van der Waals surface area contributed by atoms with E-state index >= 15 is 0 Å². The molecule has 0 bridgehead atoms. The molecule has 0 N–H and O–H groups in total. The second-order valence-electron chi connectivity index (χ2n) is 2.61. The van der Waals surface area contributed by atoms with Crippen molar-refractivity contribution in [3.05, 3.63) is 0 Å². The molecule has 0 fully saturated rings. The van der Waals surface area contributed by atoms with Gasteiger partial charge in [-0.15, -0.1) is 0 Å². The van der Waals surface area contributed by atoms with E-state index in [0.29, 0.717) is 0 Å². The summed E-state index contributed by atoms with van der Waals surface area (Å²) in [6.07, 6.45) is 0. The Kier molecular flexibility index (Phi) is 4.44. The summed E-state index contributed by atoms with van der Waals surface area (Å²) in [7, 11) is 6.72. The first-order valence-corrected chi connectivity index (χ1v) is 4.71. The normalized spacial score (nSPS) is 12.0. The van der Waals surface area contributed by atoms with Crippen LogP contribution in [-0.2, 0) is 0 Å². The van der Waals surface area contributed by atoms with Crippen LogP contribution in [0.3, 0.4) is 0 Å². The highest BCUT2D eigenvalue weighted by atomic mass is 28.2. The molecule has 2 nitrogen and oxygen atoms in total. The second kappa shape index (κ2) is 4.25. The van der Waals surface area contributed by atoms with Crippen molar-refractivity contribution in [2.75, 3.05) is 27.2 Å². The summed E-state index contributed by atoms with van der Waals surface area (Å²) < 4.78 is 4.68. The first kappa shape index (κ1) is 8.35. The highest BCUT2D eigenvalue weighted by Gasteiger charge is 1.89. The number of nitrogens with zero attached hydrogens (tertiary/aromatic N) is 2. The average molecular weight is 148 g/mol. The molecule has 0 atom stereocenters. The lowest BCUT2D eigenvalue weighted by atomic mass is 10.6. The van der Waals surface area contributed by atoms with Crippen molar-refractivity contribution in [3.63, 3.8) is 0 Å². The molecule has 0 amide bonds. The third-order valence-corrected chi connectivity index (χ3v) is 1.89. The monoisotopic (exact) mass is 148 g/mol. The Hall–Kier alpha value is 0.354. The van der Waals surface area contributed by atoms with Gasteiger partial charge in [0.05, 0.1) is 20.8 Å². The molecule has 0 unspecified atom stereocenters. The maximum absolute atomic E-state index is 2.34. The van der Waals surface area contributed by atoms with Gasteiger partial charge in [0, 0.05) is 13.1 Å². The van der Waals surface area contributed by atoms with E-state index in [1.54, 1.807) is 0 Å². The predicted octanol–water partition coefficient (Wildman–Crippen LogP) is -2.59. The van der Waals surface area contributed by atoms with Crippen LogP contribution >= 0.6 is 0 Å². The van der Waals surface area contributed by atoms with E-state index in [1.165, 1.54) is 33.9 Å². The number of hydrogen-bond acceptors (Lipinski definition) is 2. The third kappa shape index (κ3) is 6.35. The van der Waals surface area contributed by atoms with Gasteiger partial charge in [-0.1, -0.05) is 0 Å². The SMILES string of the molecule is CN([SiH3])CCN(C)[SiH3]. The topological polar surface area (TPSA) is 6.48 Å². The molecule has 0 aromatic carbocycles. The summed E-state index contributed by atoms with van der Waals surface area (Å²) in [4.78, 5) is 0. The fraction of sp³-hybridized carbons (Fsp3) is 1.00. The van der Waals surface area contributed by atoms with E-state index in [0.717, 1.165) is 0 Å². The maximum atomic E-state index is 2.34. The predicted molar refractivity (Wildman–Crippen MR) is 45.1 cm³/mol. The van der Waals surface area contributed by atoms with Crippen LogP contribution in [0.2, 0.25) is 0 Å². The Morgan fingerprint density at radius 2 is 1.25 bits per heavy atom. The summed E-state index contributed by atoms with van der Waals surface area (Å²) in [5.41, 5.74) is 0. The Morgan fingerprint density at radius 3 is 1.38 bits per heavy atom. The largest absolute Gasteiger partial charge is 0.334 e. The van der Waals surface area contributed by atoms with Crippen LogP contribution in [0.25, 0.3) is 0 Å². The zero-order chi connectivity index (χ0) is 6.57. The highest BCUT2D eigenvalue weighted by molar-refractivity contribution is 6.05. The van der Waals surface area contributed by atoms with Gasteiger partial charge in [0.15, 0.2) is 0 Å². The number of hydrogen-bond donors (Lipinski definition) is 0. The first-order chi connectivity index (χ1) is 3.63. The third-order valence-electron chi connectivity index (χ3n) is 0.994. The lowest BCUT2D eigenvalue weighted by molar-refractivity contribution is 0.450. The quantitative estimate of drug-likeness (QED) is 0.405. The Balaban J connectivity index is 2.93. The van der Waals surface area contributed by atoms with Crippen molar-refractivity contribution < 1.29 is 0 Å². The standard InChI is InChI=1S/C4H16N2Si2/c1-5(7)3-4-6(2)8/h3-4H2,1-2,7-8H3. The molecule has 0 rings (SSSR count). The number of likely N-dealkylation sites (N-methyl/N-ethyl adjacent to an activating group) is 2. The molecule has 0 aliphatic heterocycles. The van der Waals surface area contributed by atoms with E-state index in [-0.39, 0.29) is 0 Å². The van der Waals surface area contributed by atoms with Crippen molar-refractivity contribution in [3.8, 4) is 0 Å². The van der Waals surface area contributed by atoms with Gasteiger partial charge >= 0.3 is 0 Å². The van der Waals surface area contributed by atoms with Crippen molar-refractivity contribution in [2.45, 2.75) is 0 Å². The molecule has 4 heteroatoms. The van der Waals surface area contributed by atoms with E-state index in [4.69, 9.17) is 0 Å². The molecule has 0 aromatic heterocycles. The minimum Gasteiger partial charge on any atom is -0.334 e. The average Bonchev–Trinajstić information content (AvgIpc) is 1.61. The van der Waals surface area contributed by atoms with E-state index < -0.39 is 0 Å². The second-order valence-corrected chi connectivity index (χ2v) is 5.66.